The van der Waals surface area contributed by atoms with Gasteiger partial charge in [0.15, 0.2) is 5.82 Å². The number of thiazole rings is 1. The summed E-state index contributed by atoms with van der Waals surface area (Å²) >= 11 is 1.31. The van der Waals surface area contributed by atoms with Gasteiger partial charge in [-0.3, -0.25) is 9.88 Å². The number of aromatic nitrogens is 6. The van der Waals surface area contributed by atoms with Crippen molar-refractivity contribution in [3.05, 3.63) is 65.2 Å². The van der Waals surface area contributed by atoms with Gasteiger partial charge in [-0.2, -0.15) is 0 Å². The molecule has 0 aliphatic rings. The van der Waals surface area contributed by atoms with Crippen molar-refractivity contribution in [2.75, 3.05) is 23.7 Å². The predicted octanol–water partition coefficient (Wildman–Crippen LogP) is 6.04. The van der Waals surface area contributed by atoms with Gasteiger partial charge < -0.3 is 25.1 Å². The number of imidazole rings is 1. The first-order valence-corrected chi connectivity index (χ1v) is 15.9. The lowest BCUT2D eigenvalue weighted by atomic mass is 10.2. The van der Waals surface area contributed by atoms with E-state index in [4.69, 9.17) is 20.2 Å². The molecule has 0 aliphatic carbocycles. The highest BCUT2D eigenvalue weighted by Crippen LogP contribution is 2.30. The summed E-state index contributed by atoms with van der Waals surface area (Å²) in [5.74, 6) is 0.302. The Morgan fingerprint density at radius 2 is 1.68 bits per heavy atom. The van der Waals surface area contributed by atoms with E-state index in [2.05, 4.69) is 24.9 Å². The summed E-state index contributed by atoms with van der Waals surface area (Å²) in [6.07, 6.45) is 2.40. The van der Waals surface area contributed by atoms with Crippen LogP contribution in [0.1, 0.15) is 58.1 Å². The largest absolute Gasteiger partial charge is 0.444 e. The Kier molecular flexibility index (Phi) is 9.56. The topological polar surface area (TPSA) is 165 Å². The Morgan fingerprint density at radius 3 is 2.40 bits per heavy atom. The van der Waals surface area contributed by atoms with Gasteiger partial charge in [0.05, 0.1) is 28.3 Å². The molecule has 248 valence electrons. The molecule has 0 aliphatic heterocycles. The zero-order chi connectivity index (χ0) is 33.9. The molecular weight excluding hydrogens is 625 g/mol. The summed E-state index contributed by atoms with van der Waals surface area (Å²) < 4.78 is 26.0. The van der Waals surface area contributed by atoms with E-state index in [1.54, 1.807) is 31.7 Å². The highest BCUT2D eigenvalue weighted by atomic mass is 32.1. The third-order valence-corrected chi connectivity index (χ3v) is 7.68. The standard InChI is InChI=1S/C32H38FN9O4S/c1-31(2,3)45-29(43)41(14-11-24-38-21-10-9-19(34)16-22(21)39-24)15-12-25-40-26-27(36-18-37-28(26)47-25)42(30(44)46-32(4,5)6)17-23-20(33)8-7-13-35-23/h7-10,13,16,18H,11-12,14-15,17,34H2,1-6H3,(H,38,39). The number of hydrogen-bond donors (Lipinski definition) is 2. The monoisotopic (exact) mass is 663 g/mol. The van der Waals surface area contributed by atoms with Crippen molar-refractivity contribution in [2.45, 2.75) is 72.1 Å². The fourth-order valence-corrected chi connectivity index (χ4v) is 5.50. The van der Waals surface area contributed by atoms with E-state index in [0.29, 0.717) is 52.8 Å². The van der Waals surface area contributed by atoms with Crippen molar-refractivity contribution < 1.29 is 23.5 Å². The third kappa shape index (κ3) is 8.67. The van der Waals surface area contributed by atoms with Gasteiger partial charge in [0.2, 0.25) is 0 Å². The number of ether oxygens (including phenoxy) is 2. The normalized spacial score (nSPS) is 12.0. The fraction of sp³-hybridized carbons (Fsp3) is 0.406. The molecule has 1 aromatic carbocycles. The molecule has 0 saturated heterocycles. The first-order valence-electron chi connectivity index (χ1n) is 15.1. The molecule has 4 heterocycles. The minimum absolute atomic E-state index is 0.0431. The van der Waals surface area contributed by atoms with Crippen LogP contribution in [0.3, 0.4) is 0 Å². The third-order valence-electron chi connectivity index (χ3n) is 6.65. The second-order valence-corrected chi connectivity index (χ2v) is 13.9. The summed E-state index contributed by atoms with van der Waals surface area (Å²) in [4.78, 5) is 55.4. The molecule has 0 radical (unpaired) electrons. The number of nitrogens with one attached hydrogen (secondary N) is 1. The van der Waals surface area contributed by atoms with Gasteiger partial charge in [0.25, 0.3) is 0 Å². The van der Waals surface area contributed by atoms with E-state index in [0.717, 1.165) is 11.0 Å². The number of carbonyl (C=O) groups is 2. The molecule has 5 aromatic rings. The number of nitrogen functional groups attached to an aromatic ring is 1. The maximum absolute atomic E-state index is 14.6. The van der Waals surface area contributed by atoms with Crippen molar-refractivity contribution in [3.8, 4) is 0 Å². The molecule has 0 atom stereocenters. The number of hydrogen-bond acceptors (Lipinski definition) is 11. The number of pyridine rings is 1. The van der Waals surface area contributed by atoms with Crippen LogP contribution in [0.5, 0.6) is 0 Å². The van der Waals surface area contributed by atoms with Gasteiger partial charge in [0, 0.05) is 37.8 Å². The zero-order valence-electron chi connectivity index (χ0n) is 27.2. The molecule has 0 fully saturated rings. The van der Waals surface area contributed by atoms with Crippen LogP contribution >= 0.6 is 11.3 Å². The lowest BCUT2D eigenvalue weighted by Gasteiger charge is -2.27. The number of H-pyrrole nitrogens is 1. The molecule has 2 amide bonds. The van der Waals surface area contributed by atoms with Gasteiger partial charge in [-0.05, 0) is 71.9 Å². The highest BCUT2D eigenvalue weighted by molar-refractivity contribution is 7.18. The summed E-state index contributed by atoms with van der Waals surface area (Å²) in [5, 5.41) is 0.655. The molecule has 15 heteroatoms. The number of fused-ring (bicyclic) bond motifs is 2. The highest BCUT2D eigenvalue weighted by Gasteiger charge is 2.29. The van der Waals surface area contributed by atoms with Crippen molar-refractivity contribution in [3.63, 3.8) is 0 Å². The summed E-state index contributed by atoms with van der Waals surface area (Å²) in [6, 6.07) is 8.19. The lowest BCUT2D eigenvalue weighted by molar-refractivity contribution is 0.0253. The Morgan fingerprint density at radius 1 is 0.957 bits per heavy atom. The summed E-state index contributed by atoms with van der Waals surface area (Å²) in [7, 11) is 0. The SMILES string of the molecule is CC(C)(C)OC(=O)N(CCc1nc2ccc(N)cc2[nH]1)CCc1nc2c(N(Cc3ncccc3F)C(=O)OC(C)(C)C)ncnc2s1. The number of rotatable bonds is 9. The molecule has 5 rings (SSSR count). The maximum Gasteiger partial charge on any atom is 0.416 e. The molecule has 3 N–H and O–H groups in total. The molecule has 4 aromatic heterocycles. The Bertz CT molecular complexity index is 1900. The number of carbonyl (C=O) groups excluding carboxylic acids is 2. The molecular formula is C32H38FN9O4S. The smallest absolute Gasteiger partial charge is 0.416 e. The lowest BCUT2D eigenvalue weighted by Crippen LogP contribution is -2.39. The second-order valence-electron chi connectivity index (χ2n) is 12.9. The number of nitrogens with zero attached hydrogens (tertiary/aromatic N) is 7. The summed E-state index contributed by atoms with van der Waals surface area (Å²) in [5.41, 5.74) is 7.03. The van der Waals surface area contributed by atoms with E-state index in [9.17, 15) is 14.0 Å². The van der Waals surface area contributed by atoms with E-state index < -0.39 is 29.2 Å². The van der Waals surface area contributed by atoms with Crippen LogP contribution in [0.15, 0.2) is 42.9 Å². The van der Waals surface area contributed by atoms with Crippen molar-refractivity contribution in [2.24, 2.45) is 0 Å². The number of anilines is 2. The van der Waals surface area contributed by atoms with Crippen LogP contribution in [0, 0.1) is 5.82 Å². The van der Waals surface area contributed by atoms with Crippen LogP contribution < -0.4 is 10.6 Å². The van der Waals surface area contributed by atoms with Crippen LogP contribution in [0.4, 0.5) is 25.5 Å². The van der Waals surface area contributed by atoms with Crippen molar-refractivity contribution in [1.29, 1.82) is 0 Å². The molecule has 47 heavy (non-hydrogen) atoms. The Hall–Kier alpha value is -4.92. The molecule has 0 bridgehead atoms. The first-order chi connectivity index (χ1) is 22.1. The number of nitrogens with two attached hydrogens (primary N) is 1. The Balaban J connectivity index is 1.39. The van der Waals surface area contributed by atoms with Gasteiger partial charge in [-0.25, -0.2) is 33.9 Å². The number of benzene rings is 1. The average Bonchev–Trinajstić information content (AvgIpc) is 3.58. The predicted molar refractivity (Wildman–Crippen MR) is 178 cm³/mol. The fourth-order valence-electron chi connectivity index (χ4n) is 4.61. The zero-order valence-corrected chi connectivity index (χ0v) is 28.0. The second kappa shape index (κ2) is 13.4. The summed E-state index contributed by atoms with van der Waals surface area (Å²) in [6.45, 7) is 11.0. The van der Waals surface area contributed by atoms with E-state index >= 15 is 0 Å². The number of amides is 2. The molecule has 0 unspecified atom stereocenters. The minimum atomic E-state index is -0.821. The van der Waals surface area contributed by atoms with Crippen molar-refractivity contribution in [1.82, 2.24) is 34.8 Å². The van der Waals surface area contributed by atoms with E-state index in [-0.39, 0.29) is 18.1 Å². The quantitative estimate of drug-likeness (QED) is 0.178. The average molecular weight is 664 g/mol. The van der Waals surface area contributed by atoms with Gasteiger partial charge in [0.1, 0.15) is 39.5 Å². The Labute approximate surface area is 275 Å². The van der Waals surface area contributed by atoms with Crippen LogP contribution in [0.2, 0.25) is 0 Å². The van der Waals surface area contributed by atoms with E-state index in [1.165, 1.54) is 40.9 Å². The van der Waals surface area contributed by atoms with Crippen LogP contribution in [-0.4, -0.2) is 71.3 Å². The van der Waals surface area contributed by atoms with E-state index in [1.807, 2.05) is 32.9 Å². The maximum atomic E-state index is 14.6. The minimum Gasteiger partial charge on any atom is -0.444 e. The van der Waals surface area contributed by atoms with Gasteiger partial charge >= 0.3 is 12.2 Å². The van der Waals surface area contributed by atoms with Crippen LogP contribution in [0.25, 0.3) is 21.4 Å². The molecule has 0 saturated carbocycles. The molecule has 13 nitrogen and oxygen atoms in total. The van der Waals surface area contributed by atoms with Crippen LogP contribution in [-0.2, 0) is 28.9 Å². The van der Waals surface area contributed by atoms with Crippen molar-refractivity contribution >= 4 is 56.4 Å². The molecule has 0 spiro atoms. The number of aromatic amines is 1. The van der Waals surface area contributed by atoms with Gasteiger partial charge in [-0.1, -0.05) is 11.3 Å². The van der Waals surface area contributed by atoms with Gasteiger partial charge in [-0.15, -0.1) is 0 Å². The number of halogens is 1. The first kappa shape index (κ1) is 33.4.